The van der Waals surface area contributed by atoms with Gasteiger partial charge in [0.2, 0.25) is 15.9 Å². The van der Waals surface area contributed by atoms with E-state index in [1.165, 1.54) is 4.31 Å². The number of nitrogens with one attached hydrogen (secondary N) is 1. The topological polar surface area (TPSA) is 66.5 Å². The van der Waals surface area contributed by atoms with Gasteiger partial charge >= 0.3 is 0 Å². The van der Waals surface area contributed by atoms with Crippen molar-refractivity contribution in [3.8, 4) is 0 Å². The van der Waals surface area contributed by atoms with E-state index in [9.17, 15) is 13.2 Å². The van der Waals surface area contributed by atoms with Gasteiger partial charge < -0.3 is 5.32 Å². The number of aryl methyl sites for hydroxylation is 1. The van der Waals surface area contributed by atoms with Crippen molar-refractivity contribution in [1.29, 1.82) is 0 Å². The van der Waals surface area contributed by atoms with Crippen LogP contribution < -0.4 is 5.32 Å². The minimum Gasteiger partial charge on any atom is -0.352 e. The first-order valence-electron chi connectivity index (χ1n) is 8.29. The van der Waals surface area contributed by atoms with Crippen molar-refractivity contribution in [2.75, 3.05) is 6.54 Å². The third kappa shape index (κ3) is 3.93. The number of hydrogen-bond donors (Lipinski definition) is 1. The van der Waals surface area contributed by atoms with Gasteiger partial charge in [0.15, 0.2) is 0 Å². The fraction of sp³-hybridized carbons (Fsp3) is 0.588. The molecule has 6 heteroatoms. The Kier molecular flexibility index (Phi) is 5.81. The first-order valence-corrected chi connectivity index (χ1v) is 9.73. The SMILES string of the molecule is CCC(CC)NC(=O)C1CCCN1S(=O)(=O)c1ccc(C)cc1. The summed E-state index contributed by atoms with van der Waals surface area (Å²) in [5.74, 6) is -0.174. The lowest BCUT2D eigenvalue weighted by atomic mass is 10.1. The van der Waals surface area contributed by atoms with Crippen LogP contribution >= 0.6 is 0 Å². The second-order valence-corrected chi connectivity index (χ2v) is 8.00. The fourth-order valence-electron chi connectivity index (χ4n) is 2.93. The monoisotopic (exact) mass is 338 g/mol. The number of carbonyl (C=O) groups excluding carboxylic acids is 1. The van der Waals surface area contributed by atoms with E-state index in [0.717, 1.165) is 18.4 Å². The molecule has 0 bridgehead atoms. The van der Waals surface area contributed by atoms with E-state index in [1.54, 1.807) is 24.3 Å². The molecule has 23 heavy (non-hydrogen) atoms. The lowest BCUT2D eigenvalue weighted by molar-refractivity contribution is -0.125. The third-order valence-corrected chi connectivity index (χ3v) is 6.39. The number of sulfonamides is 1. The van der Waals surface area contributed by atoms with Gasteiger partial charge in [-0.3, -0.25) is 4.79 Å². The Labute approximate surface area is 139 Å². The highest BCUT2D eigenvalue weighted by molar-refractivity contribution is 7.89. The predicted molar refractivity (Wildman–Crippen MR) is 90.6 cm³/mol. The highest BCUT2D eigenvalue weighted by atomic mass is 32.2. The summed E-state index contributed by atoms with van der Waals surface area (Å²) in [7, 11) is -3.63. The maximum absolute atomic E-state index is 12.8. The zero-order valence-corrected chi connectivity index (χ0v) is 14.9. The zero-order chi connectivity index (χ0) is 17.0. The second kappa shape index (κ2) is 7.45. The van der Waals surface area contributed by atoms with Gasteiger partial charge in [0.05, 0.1) is 4.90 Å². The molecule has 1 aliphatic rings. The van der Waals surface area contributed by atoms with Crippen LogP contribution in [0.2, 0.25) is 0 Å². The summed E-state index contributed by atoms with van der Waals surface area (Å²) in [5.41, 5.74) is 1.01. The summed E-state index contributed by atoms with van der Waals surface area (Å²) in [5, 5.41) is 2.98. The molecule has 0 aromatic heterocycles. The molecule has 0 saturated carbocycles. The predicted octanol–water partition coefficient (Wildman–Crippen LogP) is 2.45. The van der Waals surface area contributed by atoms with Crippen LogP contribution in [0, 0.1) is 6.92 Å². The second-order valence-electron chi connectivity index (χ2n) is 6.11. The van der Waals surface area contributed by atoms with E-state index in [1.807, 2.05) is 20.8 Å². The first-order chi connectivity index (χ1) is 10.9. The molecule has 5 nitrogen and oxygen atoms in total. The highest BCUT2D eigenvalue weighted by Crippen LogP contribution is 2.26. The molecule has 1 aromatic carbocycles. The van der Waals surface area contributed by atoms with Crippen molar-refractivity contribution < 1.29 is 13.2 Å². The van der Waals surface area contributed by atoms with Crippen LogP contribution in [0.15, 0.2) is 29.2 Å². The summed E-state index contributed by atoms with van der Waals surface area (Å²) in [6.45, 7) is 6.35. The van der Waals surface area contributed by atoms with Crippen LogP contribution in [-0.4, -0.2) is 37.3 Å². The Bertz CT molecular complexity index is 636. The molecule has 128 valence electrons. The number of carbonyl (C=O) groups is 1. The summed E-state index contributed by atoms with van der Waals surface area (Å²) < 4.78 is 27.0. The van der Waals surface area contributed by atoms with Crippen molar-refractivity contribution in [2.24, 2.45) is 0 Å². The summed E-state index contributed by atoms with van der Waals surface area (Å²) in [6, 6.07) is 6.29. The molecule has 1 N–H and O–H groups in total. The molecule has 2 rings (SSSR count). The average Bonchev–Trinajstić information content (AvgIpc) is 3.03. The van der Waals surface area contributed by atoms with E-state index in [2.05, 4.69) is 5.32 Å². The van der Waals surface area contributed by atoms with Crippen LogP contribution in [0.5, 0.6) is 0 Å². The minimum absolute atomic E-state index is 0.104. The Morgan fingerprint density at radius 3 is 2.43 bits per heavy atom. The van der Waals surface area contributed by atoms with Gasteiger partial charge in [-0.25, -0.2) is 8.42 Å². The van der Waals surface area contributed by atoms with Gasteiger partial charge in [0, 0.05) is 12.6 Å². The summed E-state index contributed by atoms with van der Waals surface area (Å²) in [6.07, 6.45) is 2.99. The molecule has 1 amide bonds. The van der Waals surface area contributed by atoms with Gasteiger partial charge in [-0.1, -0.05) is 31.5 Å². The number of nitrogens with zero attached hydrogens (tertiary/aromatic N) is 1. The molecule has 0 spiro atoms. The average molecular weight is 338 g/mol. The fourth-order valence-corrected chi connectivity index (χ4v) is 4.58. The lowest BCUT2D eigenvalue weighted by Gasteiger charge is -2.25. The Morgan fingerprint density at radius 2 is 1.87 bits per heavy atom. The summed E-state index contributed by atoms with van der Waals surface area (Å²) in [4.78, 5) is 12.8. The molecule has 1 fully saturated rings. The zero-order valence-electron chi connectivity index (χ0n) is 14.1. The smallest absolute Gasteiger partial charge is 0.243 e. The van der Waals surface area contributed by atoms with Gasteiger partial charge in [-0.15, -0.1) is 0 Å². The molecular formula is C17H26N2O3S. The molecule has 1 aliphatic heterocycles. The Morgan fingerprint density at radius 1 is 1.26 bits per heavy atom. The number of amides is 1. The molecule has 1 heterocycles. The van der Waals surface area contributed by atoms with Gasteiger partial charge in [0.25, 0.3) is 0 Å². The first kappa shape index (κ1) is 17.9. The molecular weight excluding hydrogens is 312 g/mol. The summed E-state index contributed by atoms with van der Waals surface area (Å²) >= 11 is 0. The molecule has 0 radical (unpaired) electrons. The van der Waals surface area contributed by atoms with E-state index in [4.69, 9.17) is 0 Å². The number of rotatable bonds is 6. The molecule has 0 aliphatic carbocycles. The molecule has 1 unspecified atom stereocenters. The van der Waals surface area contributed by atoms with Crippen LogP contribution in [0.1, 0.15) is 45.1 Å². The van der Waals surface area contributed by atoms with Gasteiger partial charge in [0.1, 0.15) is 6.04 Å². The quantitative estimate of drug-likeness (QED) is 0.866. The standard InChI is InChI=1S/C17H26N2O3S/c1-4-14(5-2)18-17(20)16-7-6-12-19(16)23(21,22)15-10-8-13(3)9-11-15/h8-11,14,16H,4-7,12H2,1-3H3,(H,18,20). The largest absolute Gasteiger partial charge is 0.352 e. The van der Waals surface area contributed by atoms with Crippen molar-refractivity contribution in [3.63, 3.8) is 0 Å². The normalized spacial score (nSPS) is 19.2. The van der Waals surface area contributed by atoms with Crippen molar-refractivity contribution in [3.05, 3.63) is 29.8 Å². The van der Waals surface area contributed by atoms with Crippen molar-refractivity contribution in [1.82, 2.24) is 9.62 Å². The highest BCUT2D eigenvalue weighted by Gasteiger charge is 2.39. The van der Waals surface area contributed by atoms with Crippen LogP contribution in [0.4, 0.5) is 0 Å². The van der Waals surface area contributed by atoms with E-state index < -0.39 is 16.1 Å². The van der Waals surface area contributed by atoms with Crippen molar-refractivity contribution in [2.45, 2.75) is 63.4 Å². The minimum atomic E-state index is -3.63. The van der Waals surface area contributed by atoms with Crippen LogP contribution in [-0.2, 0) is 14.8 Å². The van der Waals surface area contributed by atoms with E-state index >= 15 is 0 Å². The Balaban J connectivity index is 2.20. The van der Waals surface area contributed by atoms with Crippen molar-refractivity contribution >= 4 is 15.9 Å². The number of benzene rings is 1. The van der Waals surface area contributed by atoms with Crippen LogP contribution in [0.25, 0.3) is 0 Å². The van der Waals surface area contributed by atoms with E-state index in [0.29, 0.717) is 19.4 Å². The van der Waals surface area contributed by atoms with E-state index in [-0.39, 0.29) is 16.8 Å². The molecule has 1 atom stereocenters. The maximum Gasteiger partial charge on any atom is 0.243 e. The van der Waals surface area contributed by atoms with Crippen LogP contribution in [0.3, 0.4) is 0 Å². The lowest BCUT2D eigenvalue weighted by Crippen LogP contribution is -2.48. The third-order valence-electron chi connectivity index (χ3n) is 4.47. The Hall–Kier alpha value is -1.40. The van der Waals surface area contributed by atoms with Gasteiger partial charge in [-0.05, 0) is 44.7 Å². The molecule has 1 aromatic rings. The van der Waals surface area contributed by atoms with Gasteiger partial charge in [-0.2, -0.15) is 4.31 Å². The number of hydrogen-bond acceptors (Lipinski definition) is 3. The molecule has 1 saturated heterocycles. The maximum atomic E-state index is 12.8.